The molecule has 3 fully saturated rings. The molecule has 4 amide bonds. The molecule has 10 nitrogen and oxygen atoms in total. The second-order valence-electron chi connectivity index (χ2n) is 11.9. The number of likely N-dealkylation sites (tertiary alicyclic amines) is 1. The summed E-state index contributed by atoms with van der Waals surface area (Å²) >= 11 is 0. The van der Waals surface area contributed by atoms with Gasteiger partial charge in [-0.05, 0) is 35.5 Å². The number of fused-ring (bicyclic) bond motifs is 1. The molecular weight excluding hydrogens is 497 g/mol. The van der Waals surface area contributed by atoms with Gasteiger partial charge in [-0.15, -0.1) is 0 Å². The van der Waals surface area contributed by atoms with E-state index in [1.807, 2.05) is 13.8 Å². The highest BCUT2D eigenvalue weighted by molar-refractivity contribution is 5.97. The number of amides is 4. The Morgan fingerprint density at radius 2 is 1.78 bits per heavy atom. The van der Waals surface area contributed by atoms with Crippen LogP contribution in [-0.4, -0.2) is 83.4 Å². The average Bonchev–Trinajstić information content (AvgIpc) is 3.14. The Balaban J connectivity index is 1.85. The number of rotatable bonds is 8. The van der Waals surface area contributed by atoms with Gasteiger partial charge in [-0.1, -0.05) is 34.6 Å². The van der Waals surface area contributed by atoms with Crippen LogP contribution in [0.15, 0.2) is 0 Å². The highest BCUT2D eigenvalue weighted by atomic mass is 19.4. The van der Waals surface area contributed by atoms with Gasteiger partial charge < -0.3 is 26.0 Å². The summed E-state index contributed by atoms with van der Waals surface area (Å²) in [5, 5.41) is 16.4. The van der Waals surface area contributed by atoms with E-state index < -0.39 is 65.7 Å². The summed E-state index contributed by atoms with van der Waals surface area (Å²) in [4.78, 5) is 64.4. The molecule has 0 aromatic rings. The van der Waals surface area contributed by atoms with Crippen LogP contribution in [0, 0.1) is 28.6 Å². The Morgan fingerprint density at radius 1 is 1.16 bits per heavy atom. The van der Waals surface area contributed by atoms with Gasteiger partial charge in [-0.3, -0.25) is 24.0 Å². The molecule has 0 aromatic heterocycles. The van der Waals surface area contributed by atoms with Crippen LogP contribution in [0.1, 0.15) is 47.5 Å². The monoisotopic (exact) mass is 532 g/mol. The summed E-state index contributed by atoms with van der Waals surface area (Å²) in [6.45, 7) is 8.01. The number of hydrogen-bond acceptors (Lipinski definition) is 6. The van der Waals surface area contributed by atoms with Crippen LogP contribution in [-0.2, 0) is 24.0 Å². The molecule has 2 aliphatic heterocycles. The van der Waals surface area contributed by atoms with Crippen molar-refractivity contribution in [3.8, 4) is 0 Å². The van der Waals surface area contributed by atoms with Gasteiger partial charge in [0, 0.05) is 19.0 Å². The van der Waals surface area contributed by atoms with Gasteiger partial charge in [0.05, 0.1) is 6.04 Å². The van der Waals surface area contributed by atoms with E-state index >= 15 is 0 Å². The molecule has 0 aromatic carbocycles. The number of nitrogens with zero attached hydrogens (tertiary/aromatic N) is 1. The van der Waals surface area contributed by atoms with Crippen molar-refractivity contribution in [2.45, 2.75) is 71.8 Å². The fourth-order valence-corrected chi connectivity index (χ4v) is 5.63. The van der Waals surface area contributed by atoms with E-state index in [4.69, 9.17) is 0 Å². The molecule has 3 rings (SSSR count). The third-order valence-corrected chi connectivity index (χ3v) is 7.95. The van der Waals surface area contributed by atoms with Gasteiger partial charge >= 0.3 is 12.1 Å². The standard InChI is InChI=1S/C24H35F3N4O6/c1-22(2,3)17(30-21(37)24(25,26)27)20(36)31-9-12-15(23(12,4)5)16(31)19(35)29-13(14(33)10-32)8-11-6-7-28-18(11)34/h11-13,15-17,32H,6-10H2,1-5H3,(H,28,34)(H,29,35)(H,30,37)/t11-,12-,13-,15-,16?,17+/m0/s1. The Hall–Kier alpha value is -2.70. The first-order valence-electron chi connectivity index (χ1n) is 12.3. The maximum absolute atomic E-state index is 13.5. The lowest BCUT2D eigenvalue weighted by atomic mass is 9.85. The Kier molecular flexibility index (Phi) is 7.71. The van der Waals surface area contributed by atoms with Gasteiger partial charge in [0.2, 0.25) is 17.7 Å². The third-order valence-electron chi connectivity index (χ3n) is 7.95. The van der Waals surface area contributed by atoms with Crippen molar-refractivity contribution < 1.29 is 42.3 Å². The van der Waals surface area contributed by atoms with E-state index in [-0.39, 0.29) is 36.1 Å². The van der Waals surface area contributed by atoms with E-state index in [0.717, 1.165) is 0 Å². The van der Waals surface area contributed by atoms with Crippen molar-refractivity contribution in [1.29, 1.82) is 0 Å². The first kappa shape index (κ1) is 28.9. The molecule has 1 aliphatic carbocycles. The SMILES string of the molecule is CC(C)(C)[C@H](NC(=O)C(F)(F)F)C(=O)N1C[C@H]2[C@@H](C1C(=O)N[C@@H](C[C@@H]1CCNC1=O)C(=O)CO)C2(C)C. The molecule has 2 heterocycles. The topological polar surface area (TPSA) is 145 Å². The van der Waals surface area contributed by atoms with Gasteiger partial charge in [-0.2, -0.15) is 13.2 Å². The van der Waals surface area contributed by atoms with Crippen LogP contribution >= 0.6 is 0 Å². The molecule has 37 heavy (non-hydrogen) atoms. The highest BCUT2D eigenvalue weighted by Gasteiger charge is 2.70. The fourth-order valence-electron chi connectivity index (χ4n) is 5.63. The number of alkyl halides is 3. The zero-order valence-electron chi connectivity index (χ0n) is 21.6. The minimum absolute atomic E-state index is 0.0264. The summed E-state index contributed by atoms with van der Waals surface area (Å²) in [6.07, 6.45) is -4.76. The number of ketones is 1. The molecule has 4 N–H and O–H groups in total. The Morgan fingerprint density at radius 3 is 2.27 bits per heavy atom. The number of piperidine rings is 1. The molecule has 3 aliphatic rings. The number of aliphatic hydroxyl groups is 1. The number of carbonyl (C=O) groups is 5. The number of Topliss-reactive ketones (excluding diaryl/α,β-unsaturated/α-hetero) is 1. The van der Waals surface area contributed by atoms with Crippen LogP contribution in [0.2, 0.25) is 0 Å². The Bertz CT molecular complexity index is 977. The van der Waals surface area contributed by atoms with E-state index in [0.29, 0.717) is 13.0 Å². The Labute approximate surface area is 213 Å². The molecule has 2 saturated heterocycles. The van der Waals surface area contributed by atoms with E-state index in [2.05, 4.69) is 10.6 Å². The molecule has 0 spiro atoms. The lowest BCUT2D eigenvalue weighted by Crippen LogP contribution is -2.61. The lowest BCUT2D eigenvalue weighted by Gasteiger charge is -2.38. The van der Waals surface area contributed by atoms with Crippen molar-refractivity contribution in [1.82, 2.24) is 20.9 Å². The van der Waals surface area contributed by atoms with Crippen LogP contribution in [0.5, 0.6) is 0 Å². The smallest absolute Gasteiger partial charge is 0.389 e. The second-order valence-corrected chi connectivity index (χ2v) is 11.9. The van der Waals surface area contributed by atoms with Crippen molar-refractivity contribution in [3.63, 3.8) is 0 Å². The van der Waals surface area contributed by atoms with E-state index in [1.165, 1.54) is 25.7 Å². The molecule has 13 heteroatoms. The molecule has 1 saturated carbocycles. The number of hydrogen-bond donors (Lipinski definition) is 4. The number of nitrogens with one attached hydrogen (secondary N) is 3. The summed E-state index contributed by atoms with van der Waals surface area (Å²) in [6, 6.07) is -3.83. The molecule has 0 radical (unpaired) electrons. The fraction of sp³-hybridized carbons (Fsp3) is 0.792. The zero-order chi connectivity index (χ0) is 28.1. The van der Waals surface area contributed by atoms with Crippen molar-refractivity contribution in [3.05, 3.63) is 0 Å². The predicted molar refractivity (Wildman–Crippen MR) is 123 cm³/mol. The van der Waals surface area contributed by atoms with Gasteiger partial charge in [0.15, 0.2) is 5.78 Å². The molecule has 6 atom stereocenters. The van der Waals surface area contributed by atoms with Gasteiger partial charge in [-0.25, -0.2) is 0 Å². The number of aliphatic hydroxyl groups excluding tert-OH is 1. The minimum atomic E-state index is -5.19. The van der Waals surface area contributed by atoms with Crippen molar-refractivity contribution in [2.75, 3.05) is 19.7 Å². The summed E-state index contributed by atoms with van der Waals surface area (Å²) in [5.41, 5.74) is -1.43. The van der Waals surface area contributed by atoms with Gasteiger partial charge in [0.25, 0.3) is 0 Å². The maximum atomic E-state index is 13.5. The van der Waals surface area contributed by atoms with E-state index in [9.17, 15) is 42.3 Å². The van der Waals surface area contributed by atoms with Crippen LogP contribution < -0.4 is 16.0 Å². The van der Waals surface area contributed by atoms with Gasteiger partial charge in [0.1, 0.15) is 18.7 Å². The lowest BCUT2D eigenvalue weighted by molar-refractivity contribution is -0.176. The summed E-state index contributed by atoms with van der Waals surface area (Å²) in [7, 11) is 0. The summed E-state index contributed by atoms with van der Waals surface area (Å²) < 4.78 is 38.9. The quantitative estimate of drug-likeness (QED) is 0.350. The van der Waals surface area contributed by atoms with E-state index in [1.54, 1.807) is 5.32 Å². The first-order chi connectivity index (χ1) is 16.9. The first-order valence-corrected chi connectivity index (χ1v) is 12.3. The largest absolute Gasteiger partial charge is 0.471 e. The summed E-state index contributed by atoms with van der Waals surface area (Å²) in [5.74, 6) is -5.67. The maximum Gasteiger partial charge on any atom is 0.471 e. The average molecular weight is 533 g/mol. The predicted octanol–water partition coefficient (Wildman–Crippen LogP) is 0.135. The molecule has 0 bridgehead atoms. The zero-order valence-corrected chi connectivity index (χ0v) is 21.6. The normalized spacial score (nSPS) is 28.1. The second kappa shape index (κ2) is 9.88. The van der Waals surface area contributed by atoms with Crippen LogP contribution in [0.25, 0.3) is 0 Å². The van der Waals surface area contributed by atoms with Crippen molar-refractivity contribution in [2.24, 2.45) is 28.6 Å². The third kappa shape index (κ3) is 5.75. The molecular formula is C24H35F3N4O6. The molecule has 208 valence electrons. The number of halogens is 3. The minimum Gasteiger partial charge on any atom is -0.389 e. The van der Waals surface area contributed by atoms with Crippen LogP contribution in [0.4, 0.5) is 13.2 Å². The highest BCUT2D eigenvalue weighted by Crippen LogP contribution is 2.65. The molecule has 1 unspecified atom stereocenters. The van der Waals surface area contributed by atoms with Crippen molar-refractivity contribution >= 4 is 29.4 Å². The van der Waals surface area contributed by atoms with Crippen LogP contribution in [0.3, 0.4) is 0 Å². The number of carbonyl (C=O) groups excluding carboxylic acids is 5.